The van der Waals surface area contributed by atoms with Crippen LogP contribution in [0, 0.1) is 0 Å². The highest BCUT2D eigenvalue weighted by Crippen LogP contribution is 2.43. The van der Waals surface area contributed by atoms with Gasteiger partial charge in [-0.25, -0.2) is 0 Å². The molecule has 0 saturated heterocycles. The molecule has 14 heavy (non-hydrogen) atoms. The highest BCUT2D eigenvalue weighted by molar-refractivity contribution is 7.99. The van der Waals surface area contributed by atoms with Crippen LogP contribution >= 0.6 is 11.8 Å². The fourth-order valence-corrected chi connectivity index (χ4v) is 1.96. The zero-order valence-electron chi connectivity index (χ0n) is 7.54. The average molecular weight is 215 g/mol. The van der Waals surface area contributed by atoms with E-state index in [1.54, 1.807) is 18.2 Å². The second-order valence-corrected chi connectivity index (χ2v) is 4.63. The number of hydrogen-bond donors (Lipinski definition) is 1. The van der Waals surface area contributed by atoms with Crippen molar-refractivity contribution in [1.82, 2.24) is 0 Å². The van der Waals surface area contributed by atoms with E-state index in [9.17, 15) is 8.78 Å². The van der Waals surface area contributed by atoms with Crippen LogP contribution in [0.3, 0.4) is 0 Å². The summed E-state index contributed by atoms with van der Waals surface area (Å²) in [6.07, 6.45) is 1.91. The first-order chi connectivity index (χ1) is 6.60. The number of halogens is 2. The van der Waals surface area contributed by atoms with Crippen molar-refractivity contribution >= 4 is 11.8 Å². The highest BCUT2D eigenvalue weighted by atomic mass is 32.2. The van der Waals surface area contributed by atoms with Crippen molar-refractivity contribution in [3.63, 3.8) is 0 Å². The highest BCUT2D eigenvalue weighted by Gasteiger charge is 2.39. The third-order valence-electron chi connectivity index (χ3n) is 2.42. The van der Waals surface area contributed by atoms with Crippen molar-refractivity contribution in [3.8, 4) is 0 Å². The lowest BCUT2D eigenvalue weighted by atomic mass is 10.1. The molecule has 2 rings (SSSR count). The monoisotopic (exact) mass is 215 g/mol. The Hall–Kier alpha value is -0.610. The third kappa shape index (κ3) is 2.07. The van der Waals surface area contributed by atoms with Gasteiger partial charge in [-0.05, 0) is 30.5 Å². The van der Waals surface area contributed by atoms with Crippen molar-refractivity contribution in [2.24, 2.45) is 5.73 Å². The van der Waals surface area contributed by atoms with Crippen LogP contribution in [0.25, 0.3) is 0 Å². The minimum absolute atomic E-state index is 0.237. The van der Waals surface area contributed by atoms with Crippen LogP contribution < -0.4 is 5.73 Å². The second-order valence-electron chi connectivity index (χ2n) is 3.56. The number of alkyl halides is 2. The quantitative estimate of drug-likeness (QED) is 0.784. The summed E-state index contributed by atoms with van der Waals surface area (Å²) in [5, 5.41) is 0. The third-order valence-corrected chi connectivity index (χ3v) is 3.13. The lowest BCUT2D eigenvalue weighted by Crippen LogP contribution is -2.18. The summed E-state index contributed by atoms with van der Waals surface area (Å²) in [5.74, 6) is -2.36. The molecule has 4 heteroatoms. The van der Waals surface area contributed by atoms with Crippen LogP contribution in [0.15, 0.2) is 29.2 Å². The van der Waals surface area contributed by atoms with Gasteiger partial charge in [0.1, 0.15) is 0 Å². The summed E-state index contributed by atoms with van der Waals surface area (Å²) in [7, 11) is 0. The minimum atomic E-state index is -2.36. The minimum Gasteiger partial charge on any atom is -0.321 e. The van der Waals surface area contributed by atoms with E-state index in [-0.39, 0.29) is 5.54 Å². The lowest BCUT2D eigenvalue weighted by Gasteiger charge is -2.10. The molecule has 1 saturated carbocycles. The van der Waals surface area contributed by atoms with Gasteiger partial charge in [0.05, 0.1) is 0 Å². The Morgan fingerprint density at radius 1 is 1.36 bits per heavy atom. The summed E-state index contributed by atoms with van der Waals surface area (Å²) in [5.41, 5.74) is 6.71. The number of rotatable bonds is 3. The van der Waals surface area contributed by atoms with Gasteiger partial charge in [-0.15, -0.1) is 0 Å². The Kier molecular flexibility index (Phi) is 2.49. The molecule has 1 aliphatic rings. The van der Waals surface area contributed by atoms with Crippen molar-refractivity contribution in [1.29, 1.82) is 0 Å². The Balaban J connectivity index is 2.19. The van der Waals surface area contributed by atoms with E-state index in [4.69, 9.17) is 5.73 Å². The maximum absolute atomic E-state index is 12.1. The molecule has 76 valence electrons. The Labute approximate surface area is 85.7 Å². The van der Waals surface area contributed by atoms with Gasteiger partial charge in [-0.1, -0.05) is 23.9 Å². The molecule has 1 nitrogen and oxygen atoms in total. The topological polar surface area (TPSA) is 26.0 Å². The Bertz CT molecular complexity index is 337. The van der Waals surface area contributed by atoms with E-state index in [1.165, 1.54) is 0 Å². The summed E-state index contributed by atoms with van der Waals surface area (Å²) in [6.45, 7) is 0. The van der Waals surface area contributed by atoms with E-state index < -0.39 is 5.76 Å². The molecule has 0 spiro atoms. The Morgan fingerprint density at radius 2 is 2.07 bits per heavy atom. The first-order valence-corrected chi connectivity index (χ1v) is 5.32. The van der Waals surface area contributed by atoms with Gasteiger partial charge < -0.3 is 5.73 Å². The summed E-state index contributed by atoms with van der Waals surface area (Å²) in [4.78, 5) is 0.592. The average Bonchev–Trinajstić information content (AvgIpc) is 2.84. The molecule has 0 heterocycles. The van der Waals surface area contributed by atoms with E-state index in [0.29, 0.717) is 16.7 Å². The van der Waals surface area contributed by atoms with Crippen LogP contribution in [0.5, 0.6) is 0 Å². The normalized spacial score (nSPS) is 18.6. The molecule has 1 fully saturated rings. The second kappa shape index (κ2) is 3.51. The van der Waals surface area contributed by atoms with Crippen LogP contribution in [-0.2, 0) is 5.54 Å². The van der Waals surface area contributed by atoms with Crippen molar-refractivity contribution < 1.29 is 8.78 Å². The van der Waals surface area contributed by atoms with Gasteiger partial charge in [-0.2, -0.15) is 8.78 Å². The zero-order valence-corrected chi connectivity index (χ0v) is 8.36. The van der Waals surface area contributed by atoms with Gasteiger partial charge in [0.15, 0.2) is 0 Å². The molecule has 0 atom stereocenters. The number of nitrogens with two attached hydrogens (primary N) is 1. The predicted molar refractivity (Wildman–Crippen MR) is 53.4 cm³/mol. The first-order valence-electron chi connectivity index (χ1n) is 4.44. The van der Waals surface area contributed by atoms with Crippen LogP contribution in [0.1, 0.15) is 18.4 Å². The standard InChI is InChI=1S/C10H11F2NS/c11-9(12)14-8-3-1-2-7(6-8)10(13)4-5-10/h1-3,6,9H,4-5,13H2. The molecule has 0 amide bonds. The summed E-state index contributed by atoms with van der Waals surface area (Å²) >= 11 is 0.568. The Morgan fingerprint density at radius 3 is 2.64 bits per heavy atom. The fraction of sp³-hybridized carbons (Fsp3) is 0.400. The fourth-order valence-electron chi connectivity index (χ4n) is 1.41. The molecular weight excluding hydrogens is 204 g/mol. The van der Waals surface area contributed by atoms with E-state index >= 15 is 0 Å². The van der Waals surface area contributed by atoms with E-state index in [1.807, 2.05) is 6.07 Å². The smallest absolute Gasteiger partial charge is 0.288 e. The molecule has 0 unspecified atom stereocenters. The zero-order chi connectivity index (χ0) is 10.2. The maximum atomic E-state index is 12.1. The molecule has 0 bridgehead atoms. The molecule has 2 N–H and O–H groups in total. The molecule has 0 aliphatic heterocycles. The first kappa shape index (κ1) is 9.93. The van der Waals surface area contributed by atoms with Gasteiger partial charge in [0.2, 0.25) is 0 Å². The molecule has 0 aromatic heterocycles. The van der Waals surface area contributed by atoms with Crippen molar-refractivity contribution in [2.45, 2.75) is 29.0 Å². The lowest BCUT2D eigenvalue weighted by molar-refractivity contribution is 0.252. The van der Waals surface area contributed by atoms with Crippen molar-refractivity contribution in [2.75, 3.05) is 0 Å². The molecule has 1 aromatic carbocycles. The van der Waals surface area contributed by atoms with E-state index in [0.717, 1.165) is 18.4 Å². The number of benzene rings is 1. The van der Waals surface area contributed by atoms with Crippen LogP contribution in [-0.4, -0.2) is 5.76 Å². The SMILES string of the molecule is NC1(c2cccc(SC(F)F)c2)CC1. The molecule has 1 aliphatic carbocycles. The molecule has 1 aromatic rings. The van der Waals surface area contributed by atoms with Crippen molar-refractivity contribution in [3.05, 3.63) is 29.8 Å². The summed E-state index contributed by atoms with van der Waals surface area (Å²) < 4.78 is 24.2. The molecule has 0 radical (unpaired) electrons. The summed E-state index contributed by atoms with van der Waals surface area (Å²) in [6, 6.07) is 7.14. The van der Waals surface area contributed by atoms with Gasteiger partial charge in [-0.3, -0.25) is 0 Å². The number of hydrogen-bond acceptors (Lipinski definition) is 2. The number of thioether (sulfide) groups is 1. The molecular formula is C10H11F2NS. The maximum Gasteiger partial charge on any atom is 0.288 e. The van der Waals surface area contributed by atoms with Gasteiger partial charge in [0, 0.05) is 10.4 Å². The largest absolute Gasteiger partial charge is 0.321 e. The predicted octanol–water partition coefficient (Wildman–Crippen LogP) is 2.95. The van der Waals surface area contributed by atoms with Crippen LogP contribution in [0.4, 0.5) is 8.78 Å². The van der Waals surface area contributed by atoms with Crippen LogP contribution in [0.2, 0.25) is 0 Å². The van der Waals surface area contributed by atoms with Gasteiger partial charge in [0.25, 0.3) is 5.76 Å². The van der Waals surface area contributed by atoms with E-state index in [2.05, 4.69) is 0 Å². The van der Waals surface area contributed by atoms with Gasteiger partial charge >= 0.3 is 0 Å².